The third-order valence-corrected chi connectivity index (χ3v) is 3.06. The summed E-state index contributed by atoms with van der Waals surface area (Å²) in [6.07, 6.45) is 2.61. The number of halogens is 2. The number of nitrogens with zero attached hydrogens (tertiary/aromatic N) is 2. The number of carbonyl (C=O) groups is 1. The van der Waals surface area contributed by atoms with E-state index in [1.54, 1.807) is 6.07 Å². The van der Waals surface area contributed by atoms with Gasteiger partial charge in [0.2, 0.25) is 0 Å². The van der Waals surface area contributed by atoms with Crippen LogP contribution in [0, 0.1) is 5.82 Å². The lowest BCUT2D eigenvalue weighted by Gasteiger charge is -2.05. The smallest absolute Gasteiger partial charge is 0.435 e. The summed E-state index contributed by atoms with van der Waals surface area (Å²) >= 11 is 5.63. The first-order valence-electron chi connectivity index (χ1n) is 6.06. The van der Waals surface area contributed by atoms with E-state index in [4.69, 9.17) is 16.3 Å². The molecule has 1 aromatic carbocycles. The molecule has 2 rings (SSSR count). The minimum atomic E-state index is -0.596. The summed E-state index contributed by atoms with van der Waals surface area (Å²) in [5.41, 5.74) is 0.765. The first-order chi connectivity index (χ1) is 9.17. The molecule has 0 fully saturated rings. The monoisotopic (exact) mass is 284 g/mol. The molecule has 102 valence electrons. The van der Waals surface area contributed by atoms with Crippen molar-refractivity contribution in [2.45, 2.75) is 25.6 Å². The number of benzene rings is 1. The molecule has 0 amide bonds. The molecule has 6 heteroatoms. The van der Waals surface area contributed by atoms with Crippen LogP contribution in [0.15, 0.2) is 18.3 Å². The number of carbonyl (C=O) groups excluding carboxylic acids is 1. The average Bonchev–Trinajstić information content (AvgIpc) is 2.80. The van der Waals surface area contributed by atoms with Crippen molar-refractivity contribution in [1.82, 2.24) is 9.78 Å². The summed E-state index contributed by atoms with van der Waals surface area (Å²) in [7, 11) is 0. The van der Waals surface area contributed by atoms with E-state index in [0.717, 1.165) is 17.5 Å². The first kappa shape index (κ1) is 13.8. The van der Waals surface area contributed by atoms with E-state index in [0.29, 0.717) is 23.1 Å². The number of unbranched alkanes of at least 4 members (excludes halogenated alkanes) is 1. The van der Waals surface area contributed by atoms with Gasteiger partial charge in [-0.2, -0.15) is 9.78 Å². The van der Waals surface area contributed by atoms with Gasteiger partial charge in [0.25, 0.3) is 0 Å². The number of hydrogen-bond acceptors (Lipinski definition) is 3. The lowest BCUT2D eigenvalue weighted by atomic mass is 10.2. The van der Waals surface area contributed by atoms with Crippen molar-refractivity contribution in [3.63, 3.8) is 0 Å². The van der Waals surface area contributed by atoms with Gasteiger partial charge in [-0.1, -0.05) is 13.3 Å². The molecule has 19 heavy (non-hydrogen) atoms. The second kappa shape index (κ2) is 6.02. The van der Waals surface area contributed by atoms with Crippen LogP contribution >= 0.6 is 11.6 Å². The van der Waals surface area contributed by atoms with Crippen LogP contribution in [0.2, 0.25) is 0 Å². The van der Waals surface area contributed by atoms with Crippen LogP contribution in [0.5, 0.6) is 0 Å². The van der Waals surface area contributed by atoms with E-state index in [1.807, 2.05) is 6.92 Å². The van der Waals surface area contributed by atoms with Crippen LogP contribution in [0.4, 0.5) is 9.18 Å². The average molecular weight is 285 g/mol. The highest BCUT2D eigenvalue weighted by Crippen LogP contribution is 2.20. The molecule has 0 saturated heterocycles. The maximum atomic E-state index is 13.7. The highest BCUT2D eigenvalue weighted by Gasteiger charge is 2.14. The minimum Gasteiger partial charge on any atom is -0.448 e. The summed E-state index contributed by atoms with van der Waals surface area (Å²) in [5, 5.41) is 4.58. The second-order valence-corrected chi connectivity index (χ2v) is 4.43. The van der Waals surface area contributed by atoms with Gasteiger partial charge in [-0.15, -0.1) is 11.6 Å². The van der Waals surface area contributed by atoms with Gasteiger partial charge in [-0.3, -0.25) is 0 Å². The van der Waals surface area contributed by atoms with E-state index >= 15 is 0 Å². The van der Waals surface area contributed by atoms with Crippen molar-refractivity contribution in [2.75, 3.05) is 6.61 Å². The van der Waals surface area contributed by atoms with Crippen molar-refractivity contribution >= 4 is 28.6 Å². The second-order valence-electron chi connectivity index (χ2n) is 4.16. The van der Waals surface area contributed by atoms with E-state index in [-0.39, 0.29) is 5.88 Å². The molecule has 1 heterocycles. The van der Waals surface area contributed by atoms with Gasteiger partial charge in [0.05, 0.1) is 24.2 Å². The zero-order chi connectivity index (χ0) is 13.8. The molecule has 0 aliphatic rings. The fraction of sp³-hybridized carbons (Fsp3) is 0.385. The highest BCUT2D eigenvalue weighted by atomic mass is 35.5. The lowest BCUT2D eigenvalue weighted by molar-refractivity contribution is 0.144. The fourth-order valence-corrected chi connectivity index (χ4v) is 1.91. The number of rotatable bonds is 4. The summed E-state index contributed by atoms with van der Waals surface area (Å²) in [6, 6.07) is 2.83. The molecule has 2 aromatic rings. The maximum Gasteiger partial charge on any atom is 0.435 e. The van der Waals surface area contributed by atoms with Gasteiger partial charge >= 0.3 is 6.09 Å². The molecule has 0 radical (unpaired) electrons. The van der Waals surface area contributed by atoms with Crippen LogP contribution in [0.1, 0.15) is 25.3 Å². The third-order valence-electron chi connectivity index (χ3n) is 2.78. The summed E-state index contributed by atoms with van der Waals surface area (Å²) in [5.74, 6) is -0.376. The van der Waals surface area contributed by atoms with Crippen LogP contribution < -0.4 is 0 Å². The molecule has 0 saturated carbocycles. The molecular weight excluding hydrogens is 271 g/mol. The molecule has 1 aromatic heterocycles. The molecule has 0 unspecified atom stereocenters. The molecule has 4 nitrogen and oxygen atoms in total. The topological polar surface area (TPSA) is 44.1 Å². The molecule has 0 N–H and O–H groups in total. The lowest BCUT2D eigenvalue weighted by Crippen LogP contribution is -2.15. The number of aromatic nitrogens is 2. The Morgan fingerprint density at radius 2 is 2.32 bits per heavy atom. The zero-order valence-electron chi connectivity index (χ0n) is 10.5. The maximum absolute atomic E-state index is 13.7. The number of alkyl halides is 1. The van der Waals surface area contributed by atoms with Crippen LogP contribution in [0.25, 0.3) is 10.9 Å². The van der Waals surface area contributed by atoms with E-state index in [2.05, 4.69) is 5.10 Å². The Morgan fingerprint density at radius 3 is 3.00 bits per heavy atom. The normalized spacial score (nSPS) is 10.9. The number of ether oxygens (including phenoxy) is 1. The van der Waals surface area contributed by atoms with Gasteiger partial charge < -0.3 is 4.74 Å². The Balaban J connectivity index is 2.29. The summed E-state index contributed by atoms with van der Waals surface area (Å²) < 4.78 is 19.8. The fourth-order valence-electron chi connectivity index (χ4n) is 1.71. The molecule has 0 bridgehead atoms. The molecule has 0 spiro atoms. The van der Waals surface area contributed by atoms with Crippen LogP contribution in [0.3, 0.4) is 0 Å². The van der Waals surface area contributed by atoms with E-state index in [9.17, 15) is 9.18 Å². The largest absolute Gasteiger partial charge is 0.448 e. The molecule has 0 aliphatic heterocycles. The molecule has 0 atom stereocenters. The van der Waals surface area contributed by atoms with Crippen LogP contribution in [-0.2, 0) is 10.6 Å². The standard InChI is InChI=1S/C13H14ClFN2O2/c1-2-3-4-19-13(18)17-12-6-11(15)9(7-14)5-10(12)8-16-17/h5-6,8H,2-4,7H2,1H3. The zero-order valence-corrected chi connectivity index (χ0v) is 11.3. The predicted octanol–water partition coefficient (Wildman–Crippen LogP) is 3.70. The van der Waals surface area contributed by atoms with E-state index < -0.39 is 11.9 Å². The van der Waals surface area contributed by atoms with Crippen molar-refractivity contribution in [3.05, 3.63) is 29.7 Å². The quantitative estimate of drug-likeness (QED) is 0.635. The predicted molar refractivity (Wildman–Crippen MR) is 70.9 cm³/mol. The van der Waals surface area contributed by atoms with Gasteiger partial charge in [0.15, 0.2) is 0 Å². The number of fused-ring (bicyclic) bond motifs is 1. The molecular formula is C13H14ClFN2O2. The minimum absolute atomic E-state index is 0.0773. The van der Waals surface area contributed by atoms with Crippen molar-refractivity contribution < 1.29 is 13.9 Å². The highest BCUT2D eigenvalue weighted by molar-refractivity contribution is 6.17. The summed E-state index contributed by atoms with van der Waals surface area (Å²) in [6.45, 7) is 2.33. The Kier molecular flexibility index (Phi) is 4.37. The Morgan fingerprint density at radius 1 is 1.53 bits per heavy atom. The number of hydrogen-bond donors (Lipinski definition) is 0. The van der Waals surface area contributed by atoms with E-state index in [1.165, 1.54) is 12.3 Å². The Labute approximate surface area is 115 Å². The third kappa shape index (κ3) is 2.87. The van der Waals surface area contributed by atoms with Gasteiger partial charge in [-0.05, 0) is 12.5 Å². The van der Waals surface area contributed by atoms with Crippen molar-refractivity contribution in [3.8, 4) is 0 Å². The molecule has 0 aliphatic carbocycles. The van der Waals surface area contributed by atoms with Gasteiger partial charge in [0, 0.05) is 17.0 Å². The SMILES string of the molecule is CCCCOC(=O)n1ncc2cc(CCl)c(F)cc21. The summed E-state index contributed by atoms with van der Waals surface area (Å²) in [4.78, 5) is 11.8. The Hall–Kier alpha value is -1.62. The van der Waals surface area contributed by atoms with Gasteiger partial charge in [0.1, 0.15) is 5.82 Å². The first-order valence-corrected chi connectivity index (χ1v) is 6.60. The van der Waals surface area contributed by atoms with Crippen LogP contribution in [-0.4, -0.2) is 22.5 Å². The Bertz CT molecular complexity index is 598. The van der Waals surface area contributed by atoms with Crippen molar-refractivity contribution in [2.24, 2.45) is 0 Å². The van der Waals surface area contributed by atoms with Crippen molar-refractivity contribution in [1.29, 1.82) is 0 Å². The van der Waals surface area contributed by atoms with Gasteiger partial charge in [-0.25, -0.2) is 9.18 Å².